The number of rotatable bonds is 6. The molecule has 2 aliphatic heterocycles. The molecule has 0 aromatic carbocycles. The molecule has 3 rings (SSSR count). The number of hydrogen-bond donors (Lipinski definition) is 0. The summed E-state index contributed by atoms with van der Waals surface area (Å²) in [5, 5.41) is 4.40. The molecule has 0 aliphatic carbocycles. The summed E-state index contributed by atoms with van der Waals surface area (Å²) >= 11 is 0. The maximum atomic E-state index is 12.8. The van der Waals surface area contributed by atoms with Crippen LogP contribution in [0.1, 0.15) is 18.5 Å². The van der Waals surface area contributed by atoms with Crippen LogP contribution in [-0.4, -0.2) is 78.6 Å². The van der Waals surface area contributed by atoms with E-state index in [2.05, 4.69) is 10.00 Å². The third-order valence-electron chi connectivity index (χ3n) is 4.62. The van der Waals surface area contributed by atoms with E-state index in [1.807, 2.05) is 29.7 Å². The summed E-state index contributed by atoms with van der Waals surface area (Å²) < 4.78 is 13.4. The number of aromatic nitrogens is 2. The summed E-state index contributed by atoms with van der Waals surface area (Å²) in [5.74, 6) is 0.360. The molecule has 24 heavy (non-hydrogen) atoms. The van der Waals surface area contributed by atoms with Crippen molar-refractivity contribution in [2.24, 2.45) is 5.92 Å². The molecular weight excluding hydrogens is 308 g/mol. The van der Waals surface area contributed by atoms with Crippen LogP contribution in [0.5, 0.6) is 0 Å². The minimum absolute atomic E-state index is 0.112. The molecule has 1 aromatic rings. The van der Waals surface area contributed by atoms with Crippen molar-refractivity contribution in [2.75, 3.05) is 47.0 Å². The van der Waals surface area contributed by atoms with Gasteiger partial charge in [0.2, 0.25) is 0 Å². The molecule has 0 bridgehead atoms. The topological polar surface area (TPSA) is 59.8 Å². The van der Waals surface area contributed by atoms with Crippen molar-refractivity contribution >= 4 is 5.91 Å². The lowest BCUT2D eigenvalue weighted by atomic mass is 10.1. The zero-order chi connectivity index (χ0) is 16.9. The smallest absolute Gasteiger partial charge is 0.252 e. The van der Waals surface area contributed by atoms with Crippen LogP contribution in [0, 0.1) is 5.92 Å². The van der Waals surface area contributed by atoms with E-state index in [0.717, 1.165) is 31.6 Å². The van der Waals surface area contributed by atoms with E-state index >= 15 is 0 Å². The van der Waals surface area contributed by atoms with Crippen molar-refractivity contribution in [2.45, 2.75) is 32.0 Å². The first kappa shape index (κ1) is 17.4. The standard InChI is InChI=1S/C17H28N4O3/c1-19(2)7-9-23-13-14-10-20(17(22)16-4-3-8-24-16)12-15-5-6-18-21(15)11-14/h5-6,14,16H,3-4,7-13H2,1-2H3/t14-,16-/m1/s1. The largest absolute Gasteiger partial charge is 0.380 e. The van der Waals surface area contributed by atoms with Gasteiger partial charge in [0.1, 0.15) is 6.10 Å². The van der Waals surface area contributed by atoms with Gasteiger partial charge >= 0.3 is 0 Å². The zero-order valence-corrected chi connectivity index (χ0v) is 14.7. The molecule has 2 aliphatic rings. The van der Waals surface area contributed by atoms with E-state index in [9.17, 15) is 4.79 Å². The van der Waals surface area contributed by atoms with E-state index in [0.29, 0.717) is 32.9 Å². The second-order valence-electron chi connectivity index (χ2n) is 6.97. The lowest BCUT2D eigenvalue weighted by molar-refractivity contribution is -0.142. The van der Waals surface area contributed by atoms with Crippen LogP contribution < -0.4 is 0 Å². The Morgan fingerprint density at radius 1 is 1.46 bits per heavy atom. The van der Waals surface area contributed by atoms with Crippen molar-refractivity contribution in [3.63, 3.8) is 0 Å². The van der Waals surface area contributed by atoms with Gasteiger partial charge in [-0.2, -0.15) is 5.10 Å². The fourth-order valence-electron chi connectivity index (χ4n) is 3.28. The van der Waals surface area contributed by atoms with Crippen molar-refractivity contribution in [1.29, 1.82) is 0 Å². The lowest BCUT2D eigenvalue weighted by Gasteiger charge is -2.26. The minimum atomic E-state index is -0.269. The molecule has 0 unspecified atom stereocenters. The molecule has 1 aromatic heterocycles. The first-order valence-electron chi connectivity index (χ1n) is 8.77. The second-order valence-corrected chi connectivity index (χ2v) is 6.97. The fraction of sp³-hybridized carbons (Fsp3) is 0.765. The molecule has 1 amide bonds. The van der Waals surface area contributed by atoms with Crippen LogP contribution in [0.2, 0.25) is 0 Å². The monoisotopic (exact) mass is 336 g/mol. The molecule has 1 saturated heterocycles. The molecule has 3 heterocycles. The van der Waals surface area contributed by atoms with Gasteiger partial charge in [-0.1, -0.05) is 0 Å². The van der Waals surface area contributed by atoms with Crippen LogP contribution in [-0.2, 0) is 27.4 Å². The Labute approximate surface area is 143 Å². The van der Waals surface area contributed by atoms with Crippen molar-refractivity contribution in [3.05, 3.63) is 18.0 Å². The maximum Gasteiger partial charge on any atom is 0.252 e. The van der Waals surface area contributed by atoms with Gasteiger partial charge in [-0.25, -0.2) is 0 Å². The predicted octanol–water partition coefficient (Wildman–Crippen LogP) is 0.599. The first-order valence-corrected chi connectivity index (χ1v) is 8.77. The van der Waals surface area contributed by atoms with Crippen LogP contribution in [0.3, 0.4) is 0 Å². The number of nitrogens with zero attached hydrogens (tertiary/aromatic N) is 4. The Bertz CT molecular complexity index is 540. The van der Waals surface area contributed by atoms with Crippen LogP contribution in [0.15, 0.2) is 12.3 Å². The summed E-state index contributed by atoms with van der Waals surface area (Å²) in [6.07, 6.45) is 3.34. The molecule has 0 saturated carbocycles. The van der Waals surface area contributed by atoms with Gasteiger partial charge in [-0.05, 0) is 33.0 Å². The van der Waals surface area contributed by atoms with Crippen molar-refractivity contribution in [1.82, 2.24) is 19.6 Å². The third-order valence-corrected chi connectivity index (χ3v) is 4.62. The van der Waals surface area contributed by atoms with E-state index in [1.54, 1.807) is 6.20 Å². The summed E-state index contributed by atoms with van der Waals surface area (Å²) in [5.41, 5.74) is 1.08. The highest BCUT2D eigenvalue weighted by Gasteiger charge is 2.32. The molecule has 7 nitrogen and oxygen atoms in total. The number of carbonyl (C=O) groups excluding carboxylic acids is 1. The van der Waals surface area contributed by atoms with Gasteiger partial charge in [0.15, 0.2) is 0 Å². The van der Waals surface area contributed by atoms with Crippen LogP contribution >= 0.6 is 0 Å². The number of ether oxygens (including phenoxy) is 2. The van der Waals surface area contributed by atoms with E-state index in [1.165, 1.54) is 0 Å². The van der Waals surface area contributed by atoms with Crippen LogP contribution in [0.4, 0.5) is 0 Å². The average molecular weight is 336 g/mol. The molecule has 0 N–H and O–H groups in total. The third kappa shape index (κ3) is 4.34. The second kappa shape index (κ2) is 8.09. The van der Waals surface area contributed by atoms with Gasteiger partial charge < -0.3 is 19.3 Å². The highest BCUT2D eigenvalue weighted by molar-refractivity contribution is 5.81. The first-order chi connectivity index (χ1) is 11.6. The van der Waals surface area contributed by atoms with Gasteiger partial charge in [-0.3, -0.25) is 9.48 Å². The molecule has 7 heteroatoms. The van der Waals surface area contributed by atoms with Gasteiger partial charge in [0.25, 0.3) is 5.91 Å². The molecule has 0 radical (unpaired) electrons. The Kier molecular flexibility index (Phi) is 5.86. The summed E-state index contributed by atoms with van der Waals surface area (Å²) in [7, 11) is 4.07. The highest BCUT2D eigenvalue weighted by atomic mass is 16.5. The number of carbonyl (C=O) groups is 1. The fourth-order valence-corrected chi connectivity index (χ4v) is 3.28. The maximum absolute atomic E-state index is 12.8. The molecule has 2 atom stereocenters. The SMILES string of the molecule is CN(C)CCOC[C@@H]1CN(C(=O)[C@H]2CCCO2)Cc2ccnn2C1. The Morgan fingerprint density at radius 3 is 3.08 bits per heavy atom. The normalized spacial score (nSPS) is 24.2. The Hall–Kier alpha value is -1.44. The zero-order valence-electron chi connectivity index (χ0n) is 14.7. The Morgan fingerprint density at radius 2 is 2.33 bits per heavy atom. The summed E-state index contributed by atoms with van der Waals surface area (Å²) in [6.45, 7) is 5.03. The number of hydrogen-bond acceptors (Lipinski definition) is 5. The molecule has 0 spiro atoms. The van der Waals surface area contributed by atoms with E-state index in [-0.39, 0.29) is 17.9 Å². The number of likely N-dealkylation sites (N-methyl/N-ethyl adjacent to an activating group) is 1. The van der Waals surface area contributed by atoms with E-state index in [4.69, 9.17) is 9.47 Å². The quantitative estimate of drug-likeness (QED) is 0.712. The van der Waals surface area contributed by atoms with Gasteiger partial charge in [-0.15, -0.1) is 0 Å². The lowest BCUT2D eigenvalue weighted by Crippen LogP contribution is -2.41. The van der Waals surface area contributed by atoms with E-state index < -0.39 is 0 Å². The van der Waals surface area contributed by atoms with Crippen molar-refractivity contribution < 1.29 is 14.3 Å². The minimum Gasteiger partial charge on any atom is -0.380 e. The average Bonchev–Trinajstić information content (AvgIpc) is 3.19. The predicted molar refractivity (Wildman–Crippen MR) is 89.5 cm³/mol. The Balaban J connectivity index is 1.63. The highest BCUT2D eigenvalue weighted by Crippen LogP contribution is 2.21. The summed E-state index contributed by atoms with van der Waals surface area (Å²) in [6, 6.07) is 1.99. The number of fused-ring (bicyclic) bond motifs is 1. The van der Waals surface area contributed by atoms with Crippen LogP contribution in [0.25, 0.3) is 0 Å². The van der Waals surface area contributed by atoms with Crippen molar-refractivity contribution in [3.8, 4) is 0 Å². The van der Waals surface area contributed by atoms with Gasteiger partial charge in [0, 0.05) is 38.4 Å². The van der Waals surface area contributed by atoms with Gasteiger partial charge in [0.05, 0.1) is 25.5 Å². The molecule has 1 fully saturated rings. The number of amides is 1. The summed E-state index contributed by atoms with van der Waals surface area (Å²) in [4.78, 5) is 16.8. The molecule has 134 valence electrons. The molecular formula is C17H28N4O3.